The number of rotatable bonds is 3. The molecule has 1 fully saturated rings. The predicted molar refractivity (Wildman–Crippen MR) is 105 cm³/mol. The van der Waals surface area contributed by atoms with Crippen LogP contribution < -0.4 is 5.43 Å². The zero-order valence-corrected chi connectivity index (χ0v) is 16.4. The van der Waals surface area contributed by atoms with Crippen molar-refractivity contribution < 1.29 is 4.52 Å². The highest BCUT2D eigenvalue weighted by Crippen LogP contribution is 2.32. The van der Waals surface area contributed by atoms with Crippen LogP contribution in [-0.4, -0.2) is 24.5 Å². The van der Waals surface area contributed by atoms with Crippen molar-refractivity contribution in [2.45, 2.75) is 71.4 Å². The minimum absolute atomic E-state index is 0.0346. The summed E-state index contributed by atoms with van der Waals surface area (Å²) in [7, 11) is 0. The average Bonchev–Trinajstić information content (AvgIpc) is 3.42. The largest absolute Gasteiger partial charge is 0.348 e. The lowest BCUT2D eigenvalue weighted by molar-refractivity contribution is 0.325. The topological polar surface area (TPSA) is 78.7 Å². The summed E-state index contributed by atoms with van der Waals surface area (Å²) < 4.78 is 9.87. The molecule has 0 aromatic carbocycles. The summed E-state index contributed by atoms with van der Waals surface area (Å²) in [6.07, 6.45) is 9.89. The van der Waals surface area contributed by atoms with Gasteiger partial charge >= 0.3 is 0 Å². The Labute approximate surface area is 163 Å². The van der Waals surface area contributed by atoms with Gasteiger partial charge in [0.2, 0.25) is 5.82 Å². The molecular formula is C21H25N5O2. The third kappa shape index (κ3) is 2.72. The van der Waals surface area contributed by atoms with Crippen LogP contribution in [0.3, 0.4) is 0 Å². The summed E-state index contributed by atoms with van der Waals surface area (Å²) in [5.74, 6) is 0.821. The molecule has 1 aliphatic carbocycles. The fourth-order valence-electron chi connectivity index (χ4n) is 4.81. The molecule has 28 heavy (non-hydrogen) atoms. The number of aromatic nitrogens is 5. The number of fused-ring (bicyclic) bond motifs is 1. The summed E-state index contributed by atoms with van der Waals surface area (Å²) in [5, 5.41) is 8.77. The third-order valence-corrected chi connectivity index (χ3v) is 6.27. The van der Waals surface area contributed by atoms with Crippen molar-refractivity contribution in [2.75, 3.05) is 0 Å². The quantitative estimate of drug-likeness (QED) is 0.691. The summed E-state index contributed by atoms with van der Waals surface area (Å²) in [6, 6.07) is 2.13. The zero-order chi connectivity index (χ0) is 19.3. The van der Waals surface area contributed by atoms with Gasteiger partial charge < -0.3 is 9.09 Å². The Morgan fingerprint density at radius 1 is 1.14 bits per heavy atom. The molecule has 7 heteroatoms. The van der Waals surface area contributed by atoms with E-state index in [1.165, 1.54) is 32.1 Å². The van der Waals surface area contributed by atoms with Crippen LogP contribution >= 0.6 is 0 Å². The number of pyridine rings is 1. The van der Waals surface area contributed by atoms with Crippen LogP contribution in [0.1, 0.15) is 61.6 Å². The van der Waals surface area contributed by atoms with Crippen molar-refractivity contribution in [1.29, 1.82) is 0 Å². The lowest BCUT2D eigenvalue weighted by Gasteiger charge is -2.23. The maximum absolute atomic E-state index is 12.7. The van der Waals surface area contributed by atoms with Gasteiger partial charge in [0.15, 0.2) is 5.43 Å². The van der Waals surface area contributed by atoms with Crippen LogP contribution in [-0.2, 0) is 13.0 Å². The maximum Gasteiger partial charge on any atom is 0.261 e. The Hall–Kier alpha value is -2.70. The van der Waals surface area contributed by atoms with Crippen LogP contribution in [0.2, 0.25) is 0 Å². The first-order valence-electron chi connectivity index (χ1n) is 10.3. The molecule has 1 saturated carbocycles. The van der Waals surface area contributed by atoms with Crippen LogP contribution in [0.25, 0.3) is 22.8 Å². The van der Waals surface area contributed by atoms with E-state index in [1.54, 1.807) is 6.07 Å². The first kappa shape index (κ1) is 17.4. The normalized spacial score (nSPS) is 17.2. The highest BCUT2D eigenvalue weighted by atomic mass is 16.5. The second-order valence-electron chi connectivity index (χ2n) is 8.03. The van der Waals surface area contributed by atoms with E-state index in [2.05, 4.69) is 31.4 Å². The molecule has 3 aromatic heterocycles. The fourth-order valence-corrected chi connectivity index (χ4v) is 4.81. The Morgan fingerprint density at radius 3 is 2.79 bits per heavy atom. The van der Waals surface area contributed by atoms with Gasteiger partial charge in [-0.2, -0.15) is 10.1 Å². The second kappa shape index (κ2) is 6.72. The number of hydrogen-bond donors (Lipinski definition) is 0. The van der Waals surface area contributed by atoms with E-state index < -0.39 is 0 Å². The van der Waals surface area contributed by atoms with Gasteiger partial charge in [0.25, 0.3) is 5.89 Å². The van der Waals surface area contributed by atoms with Crippen LogP contribution in [0, 0.1) is 13.8 Å². The van der Waals surface area contributed by atoms with E-state index in [0.29, 0.717) is 23.3 Å². The molecule has 146 valence electrons. The van der Waals surface area contributed by atoms with Crippen molar-refractivity contribution in [3.8, 4) is 22.8 Å². The van der Waals surface area contributed by atoms with Crippen molar-refractivity contribution >= 4 is 0 Å². The molecule has 0 spiro atoms. The molecule has 0 N–H and O–H groups in total. The molecule has 1 aliphatic heterocycles. The van der Waals surface area contributed by atoms with Crippen molar-refractivity contribution in [2.24, 2.45) is 0 Å². The molecule has 0 saturated heterocycles. The van der Waals surface area contributed by atoms with Gasteiger partial charge in [0, 0.05) is 29.7 Å². The second-order valence-corrected chi connectivity index (χ2v) is 8.03. The minimum atomic E-state index is -0.0346. The lowest BCUT2D eigenvalue weighted by Crippen LogP contribution is -2.15. The minimum Gasteiger partial charge on any atom is -0.348 e. The van der Waals surface area contributed by atoms with Gasteiger partial charge in [-0.25, -0.2) is 0 Å². The van der Waals surface area contributed by atoms with Gasteiger partial charge in [0.1, 0.15) is 0 Å². The molecule has 0 bridgehead atoms. The van der Waals surface area contributed by atoms with Crippen molar-refractivity contribution in [3.05, 3.63) is 39.6 Å². The first-order valence-corrected chi connectivity index (χ1v) is 10.3. The fraction of sp³-hybridized carbons (Fsp3) is 0.524. The molecule has 5 rings (SSSR count). The highest BCUT2D eigenvalue weighted by Gasteiger charge is 2.25. The predicted octanol–water partition coefficient (Wildman–Crippen LogP) is 3.83. The molecule has 0 amide bonds. The summed E-state index contributed by atoms with van der Waals surface area (Å²) >= 11 is 0. The first-order chi connectivity index (χ1) is 13.6. The van der Waals surface area contributed by atoms with E-state index in [4.69, 9.17) is 4.52 Å². The monoisotopic (exact) mass is 379 g/mol. The summed E-state index contributed by atoms with van der Waals surface area (Å²) in [6.45, 7) is 4.97. The van der Waals surface area contributed by atoms with Crippen LogP contribution in [0.4, 0.5) is 0 Å². The lowest BCUT2D eigenvalue weighted by atomic mass is 9.95. The molecule has 0 radical (unpaired) electrons. The standard InChI is InChI=1S/C21H25N5O2/c1-13-11-18(27)19(17-9-6-10-25(13)17)20-23-21(28-24-20)16-12-22-26(14(16)2)15-7-4-3-5-8-15/h11-12,15H,3-10H2,1-2H3. The molecule has 0 atom stereocenters. The molecule has 7 nitrogen and oxygen atoms in total. The third-order valence-electron chi connectivity index (χ3n) is 6.27. The summed E-state index contributed by atoms with van der Waals surface area (Å²) in [4.78, 5) is 17.3. The number of nitrogens with zero attached hydrogens (tertiary/aromatic N) is 5. The van der Waals surface area contributed by atoms with Crippen LogP contribution in [0.5, 0.6) is 0 Å². The average molecular weight is 379 g/mol. The van der Waals surface area contributed by atoms with Gasteiger partial charge in [-0.15, -0.1) is 0 Å². The van der Waals surface area contributed by atoms with Gasteiger partial charge in [-0.05, 0) is 39.5 Å². The van der Waals surface area contributed by atoms with Crippen molar-refractivity contribution in [3.63, 3.8) is 0 Å². The SMILES string of the molecule is Cc1c(-c2nc(-c3c4n(c(C)cc3=O)CCC4)no2)cnn1C1CCCCC1. The molecule has 0 unspecified atom stereocenters. The van der Waals surface area contributed by atoms with E-state index >= 15 is 0 Å². The van der Waals surface area contributed by atoms with Crippen LogP contribution in [0.15, 0.2) is 21.6 Å². The number of hydrogen-bond acceptors (Lipinski definition) is 5. The van der Waals surface area contributed by atoms with Crippen molar-refractivity contribution in [1.82, 2.24) is 24.5 Å². The smallest absolute Gasteiger partial charge is 0.261 e. The molecular weight excluding hydrogens is 354 g/mol. The van der Waals surface area contributed by atoms with E-state index in [1.807, 2.05) is 13.1 Å². The Kier molecular flexibility index (Phi) is 4.18. The van der Waals surface area contributed by atoms with E-state index in [0.717, 1.165) is 42.0 Å². The van der Waals surface area contributed by atoms with E-state index in [9.17, 15) is 4.79 Å². The Bertz CT molecular complexity index is 1080. The van der Waals surface area contributed by atoms with Gasteiger partial charge in [-0.3, -0.25) is 9.48 Å². The zero-order valence-electron chi connectivity index (χ0n) is 16.4. The summed E-state index contributed by atoms with van der Waals surface area (Å²) in [5.41, 5.74) is 4.46. The highest BCUT2D eigenvalue weighted by molar-refractivity contribution is 5.63. The van der Waals surface area contributed by atoms with E-state index in [-0.39, 0.29) is 5.43 Å². The molecule has 3 aromatic rings. The molecule has 4 heterocycles. The van der Waals surface area contributed by atoms with Gasteiger partial charge in [-0.1, -0.05) is 24.4 Å². The Morgan fingerprint density at radius 2 is 1.96 bits per heavy atom. The Balaban J connectivity index is 1.53. The maximum atomic E-state index is 12.7. The molecule has 2 aliphatic rings. The number of aryl methyl sites for hydroxylation is 1. The van der Waals surface area contributed by atoms with Gasteiger partial charge in [0.05, 0.1) is 23.4 Å².